The Kier molecular flexibility index (Phi) is 6.28. The number of ether oxygens (including phenoxy) is 1. The lowest BCUT2D eigenvalue weighted by Crippen LogP contribution is -2.34. The largest absolute Gasteiger partial charge is 0.466 e. The summed E-state index contributed by atoms with van der Waals surface area (Å²) in [5, 5.41) is 16.8. The lowest BCUT2D eigenvalue weighted by atomic mass is 9.70. The molecule has 32 heavy (non-hydrogen) atoms. The Hall–Kier alpha value is -3.01. The summed E-state index contributed by atoms with van der Waals surface area (Å²) in [6, 6.07) is 3.29. The van der Waals surface area contributed by atoms with Gasteiger partial charge in [-0.05, 0) is 69.0 Å². The Morgan fingerprint density at radius 3 is 2.53 bits per heavy atom. The monoisotopic (exact) mass is 450 g/mol. The number of nitrogens with zero attached hydrogens (tertiary/aromatic N) is 4. The van der Waals surface area contributed by atoms with Gasteiger partial charge >= 0.3 is 12.1 Å². The van der Waals surface area contributed by atoms with Crippen LogP contribution in [0.5, 0.6) is 0 Å². The van der Waals surface area contributed by atoms with Crippen molar-refractivity contribution in [2.45, 2.75) is 53.3 Å². The van der Waals surface area contributed by atoms with Crippen LogP contribution in [-0.2, 0) is 22.3 Å². The molecule has 0 bridgehead atoms. The average molecular weight is 450 g/mol. The van der Waals surface area contributed by atoms with Gasteiger partial charge in [0.15, 0.2) is 5.65 Å². The van der Waals surface area contributed by atoms with Crippen LogP contribution < -0.4 is 0 Å². The predicted molar refractivity (Wildman–Crippen MR) is 110 cm³/mol. The van der Waals surface area contributed by atoms with Gasteiger partial charge in [0.05, 0.1) is 18.6 Å². The molecule has 3 aromatic heterocycles. The first-order chi connectivity index (χ1) is 14.9. The van der Waals surface area contributed by atoms with E-state index in [-0.39, 0.29) is 18.9 Å². The molecule has 0 spiro atoms. The number of aryl methyl sites for hydroxylation is 2. The van der Waals surface area contributed by atoms with E-state index in [0.29, 0.717) is 27.9 Å². The molecule has 0 aliphatic rings. The van der Waals surface area contributed by atoms with Crippen molar-refractivity contribution < 1.29 is 27.8 Å². The second-order valence-electron chi connectivity index (χ2n) is 8.16. The zero-order chi connectivity index (χ0) is 23.8. The first kappa shape index (κ1) is 23.6. The number of hydrogen-bond donors (Lipinski definition) is 1. The standard InChI is InChI=1S/C22H25F3N4O3/c1-6-32-20(31)21(4,5)17(14-9-15(11-30)13(3)26-10-14)16-7-8-29-18(12(16)2)27-28-19(29)22(23,24)25/h7-10,17,30H,6,11H2,1-5H3/t17-/m1/s1. The van der Waals surface area contributed by atoms with Crippen molar-refractivity contribution in [2.75, 3.05) is 6.61 Å². The van der Waals surface area contributed by atoms with Gasteiger partial charge in [-0.3, -0.25) is 14.2 Å². The van der Waals surface area contributed by atoms with Crippen LogP contribution in [0.3, 0.4) is 0 Å². The molecule has 0 saturated heterocycles. The zero-order valence-electron chi connectivity index (χ0n) is 18.5. The Bertz CT molecular complexity index is 1160. The van der Waals surface area contributed by atoms with Crippen molar-refractivity contribution in [2.24, 2.45) is 5.41 Å². The third-order valence-corrected chi connectivity index (χ3v) is 5.67. The highest BCUT2D eigenvalue weighted by Crippen LogP contribution is 2.44. The molecule has 0 fully saturated rings. The quantitative estimate of drug-likeness (QED) is 0.572. The minimum Gasteiger partial charge on any atom is -0.466 e. The molecule has 0 saturated carbocycles. The Morgan fingerprint density at radius 1 is 1.25 bits per heavy atom. The van der Waals surface area contributed by atoms with Gasteiger partial charge in [-0.15, -0.1) is 10.2 Å². The molecule has 0 unspecified atom stereocenters. The average Bonchev–Trinajstić information content (AvgIpc) is 3.16. The number of alkyl halides is 3. The van der Waals surface area contributed by atoms with E-state index >= 15 is 0 Å². The van der Waals surface area contributed by atoms with Gasteiger partial charge < -0.3 is 9.84 Å². The van der Waals surface area contributed by atoms with E-state index in [1.54, 1.807) is 46.9 Å². The Labute approximate surface area is 183 Å². The molecule has 172 valence electrons. The maximum absolute atomic E-state index is 13.3. The van der Waals surface area contributed by atoms with Crippen LogP contribution in [0.15, 0.2) is 24.5 Å². The number of hydrogen-bond acceptors (Lipinski definition) is 6. The molecule has 3 aromatic rings. The number of aliphatic hydroxyl groups is 1. The van der Waals surface area contributed by atoms with Crippen LogP contribution in [0, 0.1) is 19.3 Å². The van der Waals surface area contributed by atoms with Crippen LogP contribution in [0.1, 0.15) is 60.5 Å². The van der Waals surface area contributed by atoms with E-state index in [4.69, 9.17) is 4.74 Å². The van der Waals surface area contributed by atoms with Crippen LogP contribution in [-0.4, -0.2) is 37.3 Å². The van der Waals surface area contributed by atoms with Gasteiger partial charge in [0.25, 0.3) is 0 Å². The van der Waals surface area contributed by atoms with E-state index in [1.165, 1.54) is 12.3 Å². The summed E-state index contributed by atoms with van der Waals surface area (Å²) < 4.78 is 46.1. The second-order valence-corrected chi connectivity index (χ2v) is 8.16. The van der Waals surface area contributed by atoms with E-state index in [0.717, 1.165) is 4.40 Å². The molecule has 3 heterocycles. The van der Waals surface area contributed by atoms with Gasteiger partial charge in [0.1, 0.15) is 0 Å². The maximum atomic E-state index is 13.3. The van der Waals surface area contributed by atoms with Crippen molar-refractivity contribution in [1.82, 2.24) is 19.6 Å². The molecule has 0 amide bonds. The number of esters is 1. The molecule has 10 heteroatoms. The zero-order valence-corrected chi connectivity index (χ0v) is 18.5. The summed E-state index contributed by atoms with van der Waals surface area (Å²) in [5.74, 6) is -2.22. The van der Waals surface area contributed by atoms with Gasteiger partial charge in [-0.25, -0.2) is 0 Å². The minimum atomic E-state index is -4.66. The van der Waals surface area contributed by atoms with Crippen LogP contribution in [0.2, 0.25) is 0 Å². The molecule has 1 atom stereocenters. The smallest absolute Gasteiger partial charge is 0.452 e. The summed E-state index contributed by atoms with van der Waals surface area (Å²) in [6.45, 7) is 8.46. The highest BCUT2D eigenvalue weighted by atomic mass is 19.4. The number of fused-ring (bicyclic) bond motifs is 1. The van der Waals surface area contributed by atoms with E-state index < -0.39 is 29.3 Å². The topological polar surface area (TPSA) is 89.6 Å². The number of aliphatic hydroxyl groups excluding tert-OH is 1. The fourth-order valence-corrected chi connectivity index (χ4v) is 3.94. The highest BCUT2D eigenvalue weighted by Gasteiger charge is 2.42. The molecule has 0 aliphatic carbocycles. The molecule has 0 aromatic carbocycles. The van der Waals surface area contributed by atoms with Crippen molar-refractivity contribution >= 4 is 11.6 Å². The Balaban J connectivity index is 2.27. The first-order valence-corrected chi connectivity index (χ1v) is 10.1. The van der Waals surface area contributed by atoms with Crippen LogP contribution in [0.4, 0.5) is 13.2 Å². The molecule has 7 nitrogen and oxygen atoms in total. The lowest BCUT2D eigenvalue weighted by Gasteiger charge is -2.34. The third-order valence-electron chi connectivity index (χ3n) is 5.67. The van der Waals surface area contributed by atoms with Crippen LogP contribution >= 0.6 is 0 Å². The van der Waals surface area contributed by atoms with Crippen molar-refractivity contribution in [3.8, 4) is 0 Å². The van der Waals surface area contributed by atoms with Gasteiger partial charge in [-0.2, -0.15) is 13.2 Å². The molecule has 0 aliphatic heterocycles. The molecule has 0 radical (unpaired) electrons. The molecular formula is C22H25F3N4O3. The van der Waals surface area contributed by atoms with Crippen molar-refractivity contribution in [3.05, 3.63) is 58.3 Å². The van der Waals surface area contributed by atoms with Gasteiger partial charge in [0.2, 0.25) is 5.82 Å². The van der Waals surface area contributed by atoms with Crippen molar-refractivity contribution in [3.63, 3.8) is 0 Å². The number of pyridine rings is 2. The number of aromatic nitrogens is 4. The normalized spacial score (nSPS) is 13.4. The van der Waals surface area contributed by atoms with Crippen molar-refractivity contribution in [1.29, 1.82) is 0 Å². The predicted octanol–water partition coefficient (Wildman–Crippen LogP) is 3.97. The summed E-state index contributed by atoms with van der Waals surface area (Å²) in [7, 11) is 0. The number of rotatable bonds is 6. The first-order valence-electron chi connectivity index (χ1n) is 10.1. The molecule has 3 rings (SSSR count). The molecular weight excluding hydrogens is 425 g/mol. The maximum Gasteiger partial charge on any atom is 0.452 e. The molecule has 1 N–H and O–H groups in total. The highest BCUT2D eigenvalue weighted by molar-refractivity contribution is 5.78. The number of halogens is 3. The minimum absolute atomic E-state index is 0.0435. The third kappa shape index (κ3) is 4.06. The summed E-state index contributed by atoms with van der Waals surface area (Å²) in [6.07, 6.45) is -1.80. The van der Waals surface area contributed by atoms with Gasteiger partial charge in [0, 0.05) is 24.0 Å². The fourth-order valence-electron chi connectivity index (χ4n) is 3.94. The number of carbonyl (C=O) groups excluding carboxylic acids is 1. The summed E-state index contributed by atoms with van der Waals surface area (Å²) in [5.41, 5.74) is 1.84. The van der Waals surface area contributed by atoms with E-state index in [9.17, 15) is 23.1 Å². The van der Waals surface area contributed by atoms with Crippen LogP contribution in [0.25, 0.3) is 5.65 Å². The Morgan fingerprint density at radius 2 is 1.94 bits per heavy atom. The SMILES string of the molecule is CCOC(=O)C(C)(C)[C@H](c1cnc(C)c(CO)c1)c1ccn2c(C(F)(F)F)nnc2c1C. The van der Waals surface area contributed by atoms with E-state index in [1.807, 2.05) is 0 Å². The lowest BCUT2D eigenvalue weighted by molar-refractivity contribution is -0.154. The summed E-state index contributed by atoms with van der Waals surface area (Å²) in [4.78, 5) is 17.3. The van der Waals surface area contributed by atoms with E-state index in [2.05, 4.69) is 15.2 Å². The van der Waals surface area contributed by atoms with Gasteiger partial charge in [-0.1, -0.05) is 0 Å². The number of carbonyl (C=O) groups is 1. The second kappa shape index (κ2) is 8.50. The fraction of sp³-hybridized carbons (Fsp3) is 0.455. The summed E-state index contributed by atoms with van der Waals surface area (Å²) >= 11 is 0.